The third-order valence-corrected chi connectivity index (χ3v) is 6.12. The zero-order chi connectivity index (χ0) is 23.7. The van der Waals surface area contributed by atoms with Gasteiger partial charge in [0, 0.05) is 54.9 Å². The van der Waals surface area contributed by atoms with E-state index in [4.69, 9.17) is 11.6 Å². The minimum Gasteiger partial charge on any atom is -0.339 e. The van der Waals surface area contributed by atoms with E-state index in [0.717, 1.165) is 16.9 Å². The summed E-state index contributed by atoms with van der Waals surface area (Å²) >= 11 is 6.16. The van der Waals surface area contributed by atoms with Gasteiger partial charge in [-0.1, -0.05) is 29.8 Å². The molecule has 1 aliphatic heterocycles. The second-order valence-electron chi connectivity index (χ2n) is 8.13. The molecule has 34 heavy (non-hydrogen) atoms. The Morgan fingerprint density at radius 3 is 2.32 bits per heavy atom. The number of nitrogens with one attached hydrogen (secondary N) is 1. The van der Waals surface area contributed by atoms with Crippen molar-refractivity contribution in [3.8, 4) is 11.3 Å². The SMILES string of the molecule is CC(=O)N1CCN(C(=O)c2ccc(Nc3nc4cccc(-c5cccc(Cl)c5)n4n3)cc2)CC1. The van der Waals surface area contributed by atoms with Crippen LogP contribution in [0.5, 0.6) is 0 Å². The van der Waals surface area contributed by atoms with Crippen molar-refractivity contribution in [3.05, 3.63) is 77.3 Å². The number of halogens is 1. The molecule has 0 aliphatic carbocycles. The van der Waals surface area contributed by atoms with Crippen molar-refractivity contribution in [1.29, 1.82) is 0 Å². The molecule has 1 N–H and O–H groups in total. The fourth-order valence-corrected chi connectivity index (χ4v) is 4.25. The monoisotopic (exact) mass is 474 g/mol. The summed E-state index contributed by atoms with van der Waals surface area (Å²) in [5.41, 5.74) is 3.91. The summed E-state index contributed by atoms with van der Waals surface area (Å²) in [7, 11) is 0. The molecule has 2 aromatic carbocycles. The predicted molar refractivity (Wildman–Crippen MR) is 131 cm³/mol. The van der Waals surface area contributed by atoms with Gasteiger partial charge < -0.3 is 15.1 Å². The van der Waals surface area contributed by atoms with E-state index < -0.39 is 0 Å². The number of hydrogen-bond acceptors (Lipinski definition) is 5. The number of aromatic nitrogens is 3. The van der Waals surface area contributed by atoms with Gasteiger partial charge in [-0.3, -0.25) is 9.59 Å². The summed E-state index contributed by atoms with van der Waals surface area (Å²) in [6, 6.07) is 20.6. The molecule has 0 saturated carbocycles. The lowest BCUT2D eigenvalue weighted by Gasteiger charge is -2.34. The number of carbonyl (C=O) groups excluding carboxylic acids is 2. The molecule has 3 heterocycles. The Morgan fingerprint density at radius 2 is 1.62 bits per heavy atom. The van der Waals surface area contributed by atoms with Crippen LogP contribution < -0.4 is 5.32 Å². The zero-order valence-corrected chi connectivity index (χ0v) is 19.4. The Bertz CT molecular complexity index is 1360. The van der Waals surface area contributed by atoms with Crippen molar-refractivity contribution < 1.29 is 9.59 Å². The lowest BCUT2D eigenvalue weighted by atomic mass is 10.1. The third kappa shape index (κ3) is 4.45. The molecule has 0 radical (unpaired) electrons. The second-order valence-corrected chi connectivity index (χ2v) is 8.56. The number of hydrogen-bond donors (Lipinski definition) is 1. The van der Waals surface area contributed by atoms with Crippen molar-refractivity contribution in [1.82, 2.24) is 24.4 Å². The molecular formula is C25H23ClN6O2. The fourth-order valence-electron chi connectivity index (χ4n) is 4.06. The molecule has 0 bridgehead atoms. The molecule has 5 rings (SSSR count). The largest absolute Gasteiger partial charge is 0.339 e. The van der Waals surface area contributed by atoms with Gasteiger partial charge in [0.05, 0.1) is 5.69 Å². The molecule has 0 unspecified atom stereocenters. The maximum atomic E-state index is 12.8. The van der Waals surface area contributed by atoms with Gasteiger partial charge in [-0.25, -0.2) is 4.52 Å². The standard InChI is InChI=1S/C25H23ClN6O2/c1-17(33)30-12-14-31(15-13-30)24(34)18-8-10-21(11-9-18)27-25-28-23-7-3-6-22(32(23)29-25)19-4-2-5-20(26)16-19/h2-11,16H,12-15H2,1H3,(H,27,29). The maximum Gasteiger partial charge on any atom is 0.253 e. The Hall–Kier alpha value is -3.91. The third-order valence-electron chi connectivity index (χ3n) is 5.88. The van der Waals surface area contributed by atoms with Gasteiger partial charge in [-0.15, -0.1) is 5.10 Å². The van der Waals surface area contributed by atoms with Gasteiger partial charge in [0.1, 0.15) is 0 Å². The van der Waals surface area contributed by atoms with Gasteiger partial charge in [-0.05, 0) is 48.5 Å². The van der Waals surface area contributed by atoms with Crippen molar-refractivity contribution in [2.45, 2.75) is 6.92 Å². The molecular weight excluding hydrogens is 452 g/mol. The highest BCUT2D eigenvalue weighted by molar-refractivity contribution is 6.30. The lowest BCUT2D eigenvalue weighted by molar-refractivity contribution is -0.130. The molecule has 1 aliphatic rings. The molecule has 0 atom stereocenters. The van der Waals surface area contributed by atoms with Crippen molar-refractivity contribution in [2.24, 2.45) is 0 Å². The highest BCUT2D eigenvalue weighted by atomic mass is 35.5. The molecule has 4 aromatic rings. The van der Waals surface area contributed by atoms with Crippen LogP contribution in [-0.4, -0.2) is 62.4 Å². The van der Waals surface area contributed by atoms with Crippen LogP contribution >= 0.6 is 11.6 Å². The van der Waals surface area contributed by atoms with Gasteiger partial charge in [0.15, 0.2) is 5.65 Å². The summed E-state index contributed by atoms with van der Waals surface area (Å²) in [5.74, 6) is 0.462. The number of rotatable bonds is 4. The average molecular weight is 475 g/mol. The molecule has 2 amide bonds. The van der Waals surface area contributed by atoms with Gasteiger partial charge in [0.2, 0.25) is 11.9 Å². The first-order chi connectivity index (χ1) is 16.5. The quantitative estimate of drug-likeness (QED) is 0.481. The summed E-state index contributed by atoms with van der Waals surface area (Å²) in [5, 5.41) is 8.48. The van der Waals surface area contributed by atoms with Crippen LogP contribution in [0.1, 0.15) is 17.3 Å². The topological polar surface area (TPSA) is 82.8 Å². The van der Waals surface area contributed by atoms with Gasteiger partial charge in [0.25, 0.3) is 5.91 Å². The van der Waals surface area contributed by atoms with E-state index >= 15 is 0 Å². The lowest BCUT2D eigenvalue weighted by Crippen LogP contribution is -2.50. The van der Waals surface area contributed by atoms with Crippen LogP contribution in [0.25, 0.3) is 16.9 Å². The first kappa shape index (κ1) is 21.9. The summed E-state index contributed by atoms with van der Waals surface area (Å²) < 4.78 is 1.77. The number of pyridine rings is 1. The molecule has 1 saturated heterocycles. The van der Waals surface area contributed by atoms with Gasteiger partial charge in [-0.2, -0.15) is 4.98 Å². The Balaban J connectivity index is 1.31. The number of carbonyl (C=O) groups is 2. The molecule has 8 nitrogen and oxygen atoms in total. The fraction of sp³-hybridized carbons (Fsp3) is 0.200. The van der Waals surface area contributed by atoms with E-state index in [9.17, 15) is 9.59 Å². The first-order valence-corrected chi connectivity index (χ1v) is 11.4. The van der Waals surface area contributed by atoms with Crippen molar-refractivity contribution >= 4 is 40.7 Å². The Morgan fingerprint density at radius 1 is 0.912 bits per heavy atom. The molecule has 1 fully saturated rings. The van der Waals surface area contributed by atoms with E-state index in [2.05, 4.69) is 15.4 Å². The van der Waals surface area contributed by atoms with Crippen molar-refractivity contribution in [2.75, 3.05) is 31.5 Å². The van der Waals surface area contributed by atoms with Crippen LogP contribution in [-0.2, 0) is 4.79 Å². The molecule has 172 valence electrons. The number of fused-ring (bicyclic) bond motifs is 1. The highest BCUT2D eigenvalue weighted by Gasteiger charge is 2.23. The Labute approximate surface area is 201 Å². The first-order valence-electron chi connectivity index (χ1n) is 11.0. The zero-order valence-electron chi connectivity index (χ0n) is 18.6. The molecule has 2 aromatic heterocycles. The number of piperazine rings is 1. The van der Waals surface area contributed by atoms with Crippen LogP contribution in [0.2, 0.25) is 5.02 Å². The van der Waals surface area contributed by atoms with E-state index in [-0.39, 0.29) is 11.8 Å². The number of anilines is 2. The highest BCUT2D eigenvalue weighted by Crippen LogP contribution is 2.24. The minimum absolute atomic E-state index is 0.0354. The second kappa shape index (κ2) is 9.15. The minimum atomic E-state index is -0.0354. The van der Waals surface area contributed by atoms with E-state index in [1.54, 1.807) is 33.4 Å². The number of amides is 2. The van der Waals surface area contributed by atoms with Crippen LogP contribution in [0.3, 0.4) is 0 Å². The Kier molecular flexibility index (Phi) is 5.90. The smallest absolute Gasteiger partial charge is 0.253 e. The van der Waals surface area contributed by atoms with Crippen LogP contribution in [0, 0.1) is 0 Å². The summed E-state index contributed by atoms with van der Waals surface area (Å²) in [6.07, 6.45) is 0. The van der Waals surface area contributed by atoms with Gasteiger partial charge >= 0.3 is 0 Å². The number of benzene rings is 2. The maximum absolute atomic E-state index is 12.8. The molecule has 9 heteroatoms. The number of nitrogens with zero attached hydrogens (tertiary/aromatic N) is 5. The normalized spacial score (nSPS) is 13.8. The van der Waals surface area contributed by atoms with E-state index in [1.807, 2.05) is 54.6 Å². The summed E-state index contributed by atoms with van der Waals surface area (Å²) in [6.45, 7) is 3.77. The van der Waals surface area contributed by atoms with E-state index in [1.165, 1.54) is 0 Å². The van der Waals surface area contributed by atoms with Crippen LogP contribution in [0.15, 0.2) is 66.7 Å². The van der Waals surface area contributed by atoms with Crippen LogP contribution in [0.4, 0.5) is 11.6 Å². The molecule has 0 spiro atoms. The van der Waals surface area contributed by atoms with Crippen molar-refractivity contribution in [3.63, 3.8) is 0 Å². The average Bonchev–Trinajstić information content (AvgIpc) is 3.26. The van der Waals surface area contributed by atoms with E-state index in [0.29, 0.717) is 48.4 Å². The predicted octanol–water partition coefficient (Wildman–Crippen LogP) is 4.10. The summed E-state index contributed by atoms with van der Waals surface area (Å²) in [4.78, 5) is 32.4.